The zero-order valence-electron chi connectivity index (χ0n) is 15.9. The number of aromatic nitrogens is 5. The summed E-state index contributed by atoms with van der Waals surface area (Å²) in [4.78, 5) is 0.219. The van der Waals surface area contributed by atoms with E-state index in [1.807, 2.05) is 6.92 Å². The van der Waals surface area contributed by atoms with Crippen LogP contribution in [0.15, 0.2) is 53.6 Å². The van der Waals surface area contributed by atoms with Crippen LogP contribution in [0.1, 0.15) is 13.8 Å². The van der Waals surface area contributed by atoms with Crippen LogP contribution in [-0.2, 0) is 16.4 Å². The quantitative estimate of drug-likeness (QED) is 0.499. The highest BCUT2D eigenvalue weighted by Gasteiger charge is 2.16. The van der Waals surface area contributed by atoms with E-state index < -0.39 is 15.7 Å². The summed E-state index contributed by atoms with van der Waals surface area (Å²) >= 11 is 0. The van der Waals surface area contributed by atoms with E-state index in [1.54, 1.807) is 42.1 Å². The number of benzene rings is 2. The van der Waals surface area contributed by atoms with Gasteiger partial charge in [-0.3, -0.25) is 0 Å². The minimum absolute atomic E-state index is 0.0136. The molecule has 29 heavy (non-hydrogen) atoms. The van der Waals surface area contributed by atoms with Gasteiger partial charge in [-0.05, 0) is 42.3 Å². The lowest BCUT2D eigenvalue weighted by Gasteiger charge is -2.09. The van der Waals surface area contributed by atoms with Crippen LogP contribution in [0.2, 0.25) is 0 Å². The Morgan fingerprint density at radius 1 is 0.966 bits per heavy atom. The Labute approximate surface area is 167 Å². The van der Waals surface area contributed by atoms with Crippen molar-refractivity contribution in [1.82, 2.24) is 25.2 Å². The van der Waals surface area contributed by atoms with Crippen molar-refractivity contribution in [3.05, 3.63) is 54.5 Å². The second kappa shape index (κ2) is 7.32. The van der Waals surface area contributed by atoms with E-state index in [0.717, 1.165) is 5.56 Å². The standard InChI is InChI=1S/C20H18FN5O2S/c1-3-26-20-19(23-25-26)17(12-22-24-20)14-7-10-18(21)16(11-14)13-5-8-15(9-6-13)29(27,28)4-2/h5-12H,3-4H2,1-2H3. The second-order valence-electron chi connectivity index (χ2n) is 6.46. The number of sulfone groups is 1. The number of hydrogen-bond acceptors (Lipinski definition) is 6. The molecule has 2 heterocycles. The highest BCUT2D eigenvalue weighted by Crippen LogP contribution is 2.31. The smallest absolute Gasteiger partial charge is 0.201 e. The molecule has 0 fully saturated rings. The van der Waals surface area contributed by atoms with Gasteiger partial charge in [0, 0.05) is 17.7 Å². The van der Waals surface area contributed by atoms with Crippen molar-refractivity contribution in [2.45, 2.75) is 25.3 Å². The van der Waals surface area contributed by atoms with Crippen molar-refractivity contribution in [3.63, 3.8) is 0 Å². The predicted molar refractivity (Wildman–Crippen MR) is 107 cm³/mol. The van der Waals surface area contributed by atoms with Gasteiger partial charge in [0.05, 0.1) is 16.8 Å². The number of nitrogens with zero attached hydrogens (tertiary/aromatic N) is 5. The third-order valence-corrected chi connectivity index (χ3v) is 6.54. The molecule has 4 rings (SSSR count). The molecular weight excluding hydrogens is 393 g/mol. The van der Waals surface area contributed by atoms with Crippen LogP contribution in [0, 0.1) is 5.82 Å². The number of rotatable bonds is 5. The van der Waals surface area contributed by atoms with Gasteiger partial charge in [-0.15, -0.1) is 10.2 Å². The van der Waals surface area contributed by atoms with Crippen molar-refractivity contribution in [3.8, 4) is 22.3 Å². The molecule has 0 saturated heterocycles. The van der Waals surface area contributed by atoms with E-state index in [-0.39, 0.29) is 10.6 Å². The first-order valence-corrected chi connectivity index (χ1v) is 10.8. The van der Waals surface area contributed by atoms with Gasteiger partial charge in [0.15, 0.2) is 9.84 Å². The van der Waals surface area contributed by atoms with Crippen molar-refractivity contribution in [2.75, 3.05) is 5.75 Å². The van der Waals surface area contributed by atoms with Gasteiger partial charge in [-0.25, -0.2) is 17.5 Å². The fourth-order valence-electron chi connectivity index (χ4n) is 3.13. The van der Waals surface area contributed by atoms with Crippen molar-refractivity contribution in [1.29, 1.82) is 0 Å². The van der Waals surface area contributed by atoms with Crippen LogP contribution in [0.4, 0.5) is 4.39 Å². The molecule has 148 valence electrons. The Morgan fingerprint density at radius 3 is 2.38 bits per heavy atom. The van der Waals surface area contributed by atoms with Crippen LogP contribution >= 0.6 is 0 Å². The minimum Gasteiger partial charge on any atom is -0.226 e. The van der Waals surface area contributed by atoms with Crippen molar-refractivity contribution in [2.24, 2.45) is 0 Å². The van der Waals surface area contributed by atoms with E-state index in [9.17, 15) is 12.8 Å². The number of halogens is 1. The van der Waals surface area contributed by atoms with Gasteiger partial charge < -0.3 is 0 Å². The number of hydrogen-bond donors (Lipinski definition) is 0. The van der Waals surface area contributed by atoms with E-state index in [0.29, 0.717) is 34.4 Å². The van der Waals surface area contributed by atoms with E-state index in [4.69, 9.17) is 0 Å². The summed E-state index contributed by atoms with van der Waals surface area (Å²) in [7, 11) is -3.31. The fraction of sp³-hybridized carbons (Fsp3) is 0.200. The molecule has 0 aliphatic heterocycles. The molecular formula is C20H18FN5O2S. The Morgan fingerprint density at radius 2 is 1.69 bits per heavy atom. The first-order chi connectivity index (χ1) is 13.9. The maximum atomic E-state index is 14.6. The summed E-state index contributed by atoms with van der Waals surface area (Å²) in [5.74, 6) is -0.394. The summed E-state index contributed by atoms with van der Waals surface area (Å²) in [5, 5.41) is 16.4. The lowest BCUT2D eigenvalue weighted by atomic mass is 9.99. The van der Waals surface area contributed by atoms with Crippen LogP contribution in [0.25, 0.3) is 33.4 Å². The predicted octanol–water partition coefficient (Wildman–Crippen LogP) is 3.51. The molecule has 0 unspecified atom stereocenters. The normalized spacial score (nSPS) is 11.8. The Kier molecular flexibility index (Phi) is 4.83. The van der Waals surface area contributed by atoms with Crippen LogP contribution in [0.3, 0.4) is 0 Å². The molecule has 0 radical (unpaired) electrons. The Balaban J connectivity index is 1.81. The molecule has 2 aromatic carbocycles. The molecule has 0 aliphatic carbocycles. The molecule has 9 heteroatoms. The van der Waals surface area contributed by atoms with Crippen LogP contribution in [0.5, 0.6) is 0 Å². The maximum absolute atomic E-state index is 14.6. The molecule has 2 aromatic heterocycles. The summed E-state index contributed by atoms with van der Waals surface area (Å²) in [5.41, 5.74) is 3.50. The highest BCUT2D eigenvalue weighted by molar-refractivity contribution is 7.91. The molecule has 0 aliphatic rings. The maximum Gasteiger partial charge on any atom is 0.201 e. The molecule has 4 aromatic rings. The topological polar surface area (TPSA) is 90.6 Å². The van der Waals surface area contributed by atoms with Gasteiger partial charge >= 0.3 is 0 Å². The molecule has 0 atom stereocenters. The summed E-state index contributed by atoms with van der Waals surface area (Å²) in [6, 6.07) is 10.9. The third-order valence-electron chi connectivity index (χ3n) is 4.78. The molecule has 0 amide bonds. The van der Waals surface area contributed by atoms with Gasteiger partial charge in [0.25, 0.3) is 0 Å². The van der Waals surface area contributed by atoms with Crippen LogP contribution in [-0.4, -0.2) is 39.4 Å². The molecule has 0 spiro atoms. The molecule has 0 saturated carbocycles. The third kappa shape index (κ3) is 3.38. The first-order valence-electron chi connectivity index (χ1n) is 9.12. The Hall–Kier alpha value is -3.20. The lowest BCUT2D eigenvalue weighted by Crippen LogP contribution is -2.03. The van der Waals surface area contributed by atoms with Gasteiger partial charge in [-0.1, -0.05) is 30.3 Å². The SMILES string of the molecule is CCn1nnc2c(-c3ccc(F)c(-c4ccc(S(=O)(=O)CC)cc4)c3)cnnc21. The fourth-order valence-corrected chi connectivity index (χ4v) is 4.01. The van der Waals surface area contributed by atoms with E-state index in [1.165, 1.54) is 18.2 Å². The van der Waals surface area contributed by atoms with Gasteiger partial charge in [0.1, 0.15) is 11.3 Å². The van der Waals surface area contributed by atoms with Crippen molar-refractivity contribution >= 4 is 21.0 Å². The Bertz CT molecular complexity index is 1300. The monoisotopic (exact) mass is 411 g/mol. The lowest BCUT2D eigenvalue weighted by molar-refractivity contribution is 0.597. The minimum atomic E-state index is -3.31. The average molecular weight is 411 g/mol. The van der Waals surface area contributed by atoms with Crippen molar-refractivity contribution < 1.29 is 12.8 Å². The average Bonchev–Trinajstić information content (AvgIpc) is 3.17. The van der Waals surface area contributed by atoms with E-state index in [2.05, 4.69) is 20.5 Å². The summed E-state index contributed by atoms with van der Waals surface area (Å²) in [6.07, 6.45) is 1.57. The summed E-state index contributed by atoms with van der Waals surface area (Å²) in [6.45, 7) is 4.13. The molecule has 7 nitrogen and oxygen atoms in total. The molecule has 0 bridgehead atoms. The largest absolute Gasteiger partial charge is 0.226 e. The van der Waals surface area contributed by atoms with Gasteiger partial charge in [0.2, 0.25) is 5.65 Å². The first kappa shape index (κ1) is 19.1. The van der Waals surface area contributed by atoms with Crippen LogP contribution < -0.4 is 0 Å². The zero-order valence-corrected chi connectivity index (χ0v) is 16.7. The number of fused-ring (bicyclic) bond motifs is 1. The van der Waals surface area contributed by atoms with Gasteiger partial charge in [-0.2, -0.15) is 5.10 Å². The zero-order chi connectivity index (χ0) is 20.6. The molecule has 0 N–H and O–H groups in total. The van der Waals surface area contributed by atoms with E-state index >= 15 is 0 Å². The summed E-state index contributed by atoms with van der Waals surface area (Å²) < 4.78 is 40.2. The highest BCUT2D eigenvalue weighted by atomic mass is 32.2. The second-order valence-corrected chi connectivity index (χ2v) is 8.74. The number of aryl methyl sites for hydroxylation is 1.